The second kappa shape index (κ2) is 19.8. The normalized spacial score (nSPS) is 20.0. The van der Waals surface area contributed by atoms with E-state index in [1.165, 1.54) is 73.3 Å². The summed E-state index contributed by atoms with van der Waals surface area (Å²) in [6.07, 6.45) is 23.0. The van der Waals surface area contributed by atoms with Gasteiger partial charge in [-0.15, -0.1) is 15.7 Å². The van der Waals surface area contributed by atoms with E-state index in [1.54, 1.807) is 18.7 Å². The number of carbonyl (C=O) groups is 1. The fourth-order valence-electron chi connectivity index (χ4n) is 7.28. The van der Waals surface area contributed by atoms with Gasteiger partial charge in [0.05, 0.1) is 23.1 Å². The van der Waals surface area contributed by atoms with Crippen LogP contribution in [0, 0.1) is 25.2 Å². The molecule has 0 saturated heterocycles. The molecule has 1 unspecified atom stereocenters. The molecule has 1 saturated carbocycles. The van der Waals surface area contributed by atoms with Crippen LogP contribution in [0.15, 0.2) is 93.4 Å². The van der Waals surface area contributed by atoms with Crippen molar-refractivity contribution >= 4 is 73.1 Å². The van der Waals surface area contributed by atoms with Gasteiger partial charge in [-0.25, -0.2) is 4.79 Å². The van der Waals surface area contributed by atoms with Gasteiger partial charge in [0.15, 0.2) is 0 Å². The van der Waals surface area contributed by atoms with Gasteiger partial charge in [0, 0.05) is 45.2 Å². The molecule has 2 aromatic carbocycles. The van der Waals surface area contributed by atoms with Crippen LogP contribution >= 0.6 is 35.1 Å². The Bertz CT molecular complexity index is 2190. The van der Waals surface area contributed by atoms with Crippen LogP contribution in [0.3, 0.4) is 0 Å². The number of benzene rings is 2. The molecule has 1 atom stereocenters. The Morgan fingerprint density at radius 2 is 1.84 bits per heavy atom. The molecule has 1 aromatic heterocycles. The maximum Gasteiger partial charge on any atom is 0.343 e. The van der Waals surface area contributed by atoms with Crippen molar-refractivity contribution in [3.05, 3.63) is 110 Å². The van der Waals surface area contributed by atoms with E-state index in [9.17, 15) is 13.2 Å². The summed E-state index contributed by atoms with van der Waals surface area (Å²) in [4.78, 5) is 20.8. The lowest BCUT2D eigenvalue weighted by atomic mass is 9.83. The summed E-state index contributed by atoms with van der Waals surface area (Å²) in [7, 11) is -3.66. The number of thioether (sulfide) groups is 1. The lowest BCUT2D eigenvalue weighted by molar-refractivity contribution is -0.205. The highest BCUT2D eigenvalue weighted by atomic mass is 32.2. The highest BCUT2D eigenvalue weighted by Gasteiger charge is 2.27. The number of aryl methyl sites for hydroxylation is 3. The first-order valence-corrected chi connectivity index (χ1v) is 24.3. The second-order valence-electron chi connectivity index (χ2n) is 16.5. The molecule has 1 fully saturated rings. The zero-order valence-electron chi connectivity index (χ0n) is 34.2. The van der Waals surface area contributed by atoms with E-state index in [4.69, 9.17) is 13.4 Å². The van der Waals surface area contributed by atoms with Crippen LogP contribution in [0.4, 0.5) is 5.69 Å². The van der Waals surface area contributed by atoms with Gasteiger partial charge in [0.2, 0.25) is 0 Å². The topological polar surface area (TPSA) is 82.1 Å². The van der Waals surface area contributed by atoms with Crippen molar-refractivity contribution in [1.82, 2.24) is 0 Å². The number of anilines is 1. The number of allylic oxidation sites excluding steroid dienone is 8. The molecule has 0 N–H and O–H groups in total. The zero-order chi connectivity index (χ0) is 40.6. The largest absolute Gasteiger partial charge is 0.343 e. The predicted octanol–water partition coefficient (Wildman–Crippen LogP) is 12.6. The molecule has 11 heteroatoms. The minimum Gasteiger partial charge on any atom is -0.334 e. The molecule has 0 radical (unpaired) electrons. The van der Waals surface area contributed by atoms with Gasteiger partial charge >= 0.3 is 5.97 Å². The van der Waals surface area contributed by atoms with E-state index >= 15 is 0 Å². The van der Waals surface area contributed by atoms with Crippen molar-refractivity contribution in [2.24, 2.45) is 11.3 Å². The molecule has 2 heterocycles. The van der Waals surface area contributed by atoms with Gasteiger partial charge in [-0.1, -0.05) is 87.5 Å². The number of carbonyl (C=O) groups excluding carboxylic acids is 1. The average molecular weight is 848 g/mol. The van der Waals surface area contributed by atoms with E-state index in [-0.39, 0.29) is 30.2 Å². The maximum absolute atomic E-state index is 12.8. The second-order valence-corrected chi connectivity index (χ2v) is 21.2. The first-order valence-electron chi connectivity index (χ1n) is 20.2. The number of fused-ring (bicyclic) bond motifs is 2. The summed E-state index contributed by atoms with van der Waals surface area (Å²) in [6.45, 7) is 12.4. The van der Waals surface area contributed by atoms with Crippen LogP contribution in [0.25, 0.3) is 16.2 Å². The molecular weight excluding hydrogens is 791 g/mol. The van der Waals surface area contributed by atoms with E-state index in [0.29, 0.717) is 18.2 Å². The molecule has 0 bridgehead atoms. The molecule has 7 nitrogen and oxygen atoms in total. The molecule has 306 valence electrons. The van der Waals surface area contributed by atoms with Crippen molar-refractivity contribution < 1.29 is 26.6 Å². The number of hydrogen-bond donors (Lipinski definition) is 0. The van der Waals surface area contributed by atoms with Crippen LogP contribution in [0.1, 0.15) is 101 Å². The number of nitrogens with zero attached hydrogens (tertiary/aromatic N) is 1. The third-order valence-corrected chi connectivity index (χ3v) is 14.2. The summed E-state index contributed by atoms with van der Waals surface area (Å²) in [6, 6.07) is 13.0. The Kier molecular flexibility index (Phi) is 15.1. The summed E-state index contributed by atoms with van der Waals surface area (Å²) in [5.41, 5.74) is 8.82. The summed E-state index contributed by atoms with van der Waals surface area (Å²) >= 11 is 4.74. The molecule has 3 aliphatic rings. The first-order chi connectivity index (χ1) is 27.2. The SMILES string of the molecule is CCC(=O)OOSCCc1c(/C=C/C2CCC/C(=C\C3=CC(=C/C=C4\Sc5cc(C)ccc5N4CCS(=O)(=O)OCC(C)(C)C)/CCC3)C2)sc2cc(C)ccc12. The number of hydrogen-bond acceptors (Lipinski definition) is 10. The fourth-order valence-corrected chi connectivity index (χ4v) is 11.3. The van der Waals surface area contributed by atoms with E-state index in [1.807, 2.05) is 32.1 Å². The Morgan fingerprint density at radius 1 is 1.04 bits per heavy atom. The van der Waals surface area contributed by atoms with Crippen molar-refractivity contribution in [2.75, 3.05) is 29.6 Å². The quantitative estimate of drug-likeness (QED) is 0.0488. The molecule has 0 spiro atoms. The van der Waals surface area contributed by atoms with Crippen LogP contribution in [-0.2, 0) is 34.7 Å². The zero-order valence-corrected chi connectivity index (χ0v) is 37.5. The molecule has 2 aliphatic carbocycles. The molecule has 57 heavy (non-hydrogen) atoms. The molecule has 6 rings (SSSR count). The Labute approximate surface area is 353 Å². The van der Waals surface area contributed by atoms with Crippen LogP contribution in [-0.4, -0.2) is 39.0 Å². The minimum atomic E-state index is -3.66. The van der Waals surface area contributed by atoms with E-state index in [0.717, 1.165) is 54.1 Å². The van der Waals surface area contributed by atoms with Crippen LogP contribution < -0.4 is 4.90 Å². The monoisotopic (exact) mass is 847 g/mol. The van der Waals surface area contributed by atoms with E-state index in [2.05, 4.69) is 91.6 Å². The first kappa shape index (κ1) is 43.5. The lowest BCUT2D eigenvalue weighted by Crippen LogP contribution is -2.28. The summed E-state index contributed by atoms with van der Waals surface area (Å²) in [5.74, 6) is 0.755. The molecule has 3 aromatic rings. The highest BCUT2D eigenvalue weighted by Crippen LogP contribution is 2.46. The van der Waals surface area contributed by atoms with E-state index < -0.39 is 10.1 Å². The Balaban J connectivity index is 1.13. The highest BCUT2D eigenvalue weighted by molar-refractivity contribution is 8.03. The molecule has 0 amide bonds. The Hall–Kier alpha value is -3.06. The van der Waals surface area contributed by atoms with Gasteiger partial charge < -0.3 is 4.90 Å². The minimum absolute atomic E-state index is 0.0721. The molecular formula is C46H57NO6S4. The summed E-state index contributed by atoms with van der Waals surface area (Å²) in [5, 5.41) is 2.33. The third kappa shape index (κ3) is 12.7. The molecule has 1 aliphatic heterocycles. The number of rotatable bonds is 15. The van der Waals surface area contributed by atoms with Gasteiger partial charge in [0.25, 0.3) is 10.1 Å². The van der Waals surface area contributed by atoms with Gasteiger partial charge in [-0.05, 0) is 140 Å². The van der Waals surface area contributed by atoms with Gasteiger partial charge in [-0.3, -0.25) is 9.07 Å². The van der Waals surface area contributed by atoms with Crippen LogP contribution in [0.2, 0.25) is 0 Å². The maximum atomic E-state index is 12.8. The lowest BCUT2D eigenvalue weighted by Gasteiger charge is -2.23. The van der Waals surface area contributed by atoms with Crippen LogP contribution in [0.5, 0.6) is 0 Å². The smallest absolute Gasteiger partial charge is 0.334 e. The predicted molar refractivity (Wildman–Crippen MR) is 241 cm³/mol. The third-order valence-electron chi connectivity index (χ3n) is 10.2. The summed E-state index contributed by atoms with van der Waals surface area (Å²) < 4.78 is 37.5. The van der Waals surface area contributed by atoms with Crippen molar-refractivity contribution in [1.29, 1.82) is 0 Å². The fraction of sp³-hybridized carbons (Fsp3) is 0.457. The van der Waals surface area contributed by atoms with Gasteiger partial charge in [-0.2, -0.15) is 8.42 Å². The number of thiophene rings is 1. The Morgan fingerprint density at radius 3 is 2.65 bits per heavy atom. The van der Waals surface area contributed by atoms with Crippen molar-refractivity contribution in [2.45, 2.75) is 104 Å². The van der Waals surface area contributed by atoms with Crippen molar-refractivity contribution in [3.8, 4) is 0 Å². The van der Waals surface area contributed by atoms with Gasteiger partial charge in [0.1, 0.15) is 0 Å². The average Bonchev–Trinajstić information content (AvgIpc) is 3.70. The van der Waals surface area contributed by atoms with Crippen molar-refractivity contribution in [3.63, 3.8) is 0 Å². The standard InChI is InChI=1S/C46H57NO6S4/c1-7-45(48)52-53-54-24-22-39-38-18-14-32(2)26-42(38)55-41(39)20-16-34-10-8-12-36(28-34)30-37-13-9-11-35(29-37)17-21-44-47(40-19-15-33(3)27-43(40)56-44)23-25-57(49,50)51-31-46(4,5)6/h14-21,26-27,29-30,34H,7-13,22-25,28,31H2,1-6H3/b20-16+,35-17+,36-30+,44-21-.